The SMILES string of the molecule is CC(C(=O)NCc1nc(N(C)C)nc(N2CCCC2)n1)n1cccn1. The highest BCUT2D eigenvalue weighted by molar-refractivity contribution is 5.79. The van der Waals surface area contributed by atoms with Crippen LogP contribution in [0.1, 0.15) is 31.6 Å². The highest BCUT2D eigenvalue weighted by atomic mass is 16.2. The predicted octanol–water partition coefficient (Wildman–Crippen LogP) is 0.612. The van der Waals surface area contributed by atoms with Gasteiger partial charge in [0.15, 0.2) is 5.82 Å². The van der Waals surface area contributed by atoms with Crippen molar-refractivity contribution >= 4 is 17.8 Å². The lowest BCUT2D eigenvalue weighted by Gasteiger charge is -2.19. The molecule has 0 bridgehead atoms. The molecule has 1 amide bonds. The molecule has 25 heavy (non-hydrogen) atoms. The minimum atomic E-state index is -0.386. The number of amides is 1. The monoisotopic (exact) mass is 344 g/mol. The summed E-state index contributed by atoms with van der Waals surface area (Å²) in [6, 6.07) is 1.41. The average Bonchev–Trinajstić information content (AvgIpc) is 3.32. The maximum atomic E-state index is 12.3. The molecule has 0 radical (unpaired) electrons. The molecule has 0 saturated carbocycles. The summed E-state index contributed by atoms with van der Waals surface area (Å²) in [6.45, 7) is 3.98. The summed E-state index contributed by atoms with van der Waals surface area (Å²) in [6.07, 6.45) is 5.72. The van der Waals surface area contributed by atoms with Crippen LogP contribution in [-0.2, 0) is 11.3 Å². The summed E-state index contributed by atoms with van der Waals surface area (Å²) in [7, 11) is 3.79. The molecule has 1 aliphatic rings. The van der Waals surface area contributed by atoms with Crippen LogP contribution in [0.3, 0.4) is 0 Å². The van der Waals surface area contributed by atoms with Gasteiger partial charge < -0.3 is 15.1 Å². The molecule has 1 aliphatic heterocycles. The highest BCUT2D eigenvalue weighted by Crippen LogP contribution is 2.18. The van der Waals surface area contributed by atoms with Crippen molar-refractivity contribution in [3.8, 4) is 0 Å². The maximum Gasteiger partial charge on any atom is 0.244 e. The Hall–Kier alpha value is -2.71. The number of carbonyl (C=O) groups is 1. The standard InChI is InChI=1S/C16H24N8O/c1-12(24-10-6-7-18-24)14(25)17-11-13-19-15(22(2)3)21-16(20-13)23-8-4-5-9-23/h6-7,10,12H,4-5,8-9,11H2,1-3H3,(H,17,25). The van der Waals surface area contributed by atoms with Gasteiger partial charge in [-0.1, -0.05) is 0 Å². The van der Waals surface area contributed by atoms with E-state index in [1.807, 2.05) is 19.0 Å². The minimum Gasteiger partial charge on any atom is -0.347 e. The van der Waals surface area contributed by atoms with Crippen LogP contribution in [0.15, 0.2) is 18.5 Å². The van der Waals surface area contributed by atoms with Gasteiger partial charge in [-0.3, -0.25) is 9.48 Å². The number of carbonyl (C=O) groups excluding carboxylic acids is 1. The molecular formula is C16H24N8O. The first-order valence-electron chi connectivity index (χ1n) is 8.48. The largest absolute Gasteiger partial charge is 0.347 e. The van der Waals surface area contributed by atoms with Crippen molar-refractivity contribution in [2.75, 3.05) is 37.0 Å². The first-order valence-corrected chi connectivity index (χ1v) is 8.48. The van der Waals surface area contributed by atoms with Crippen molar-refractivity contribution in [2.24, 2.45) is 0 Å². The van der Waals surface area contributed by atoms with Crippen LogP contribution in [0.2, 0.25) is 0 Å². The van der Waals surface area contributed by atoms with E-state index in [2.05, 4.69) is 30.3 Å². The fourth-order valence-electron chi connectivity index (χ4n) is 2.68. The average molecular weight is 344 g/mol. The Kier molecular flexibility index (Phi) is 5.11. The van der Waals surface area contributed by atoms with Crippen molar-refractivity contribution in [3.63, 3.8) is 0 Å². The van der Waals surface area contributed by atoms with E-state index in [0.717, 1.165) is 25.9 Å². The Morgan fingerprint density at radius 1 is 1.28 bits per heavy atom. The molecule has 2 aromatic rings. The summed E-state index contributed by atoms with van der Waals surface area (Å²) in [5.74, 6) is 1.71. The normalized spacial score (nSPS) is 15.2. The first kappa shape index (κ1) is 17.1. The number of aromatic nitrogens is 5. The third-order valence-corrected chi connectivity index (χ3v) is 4.17. The van der Waals surface area contributed by atoms with Crippen LogP contribution in [0.5, 0.6) is 0 Å². The van der Waals surface area contributed by atoms with E-state index < -0.39 is 0 Å². The smallest absolute Gasteiger partial charge is 0.244 e. The second-order valence-electron chi connectivity index (χ2n) is 6.32. The zero-order chi connectivity index (χ0) is 17.8. The van der Waals surface area contributed by atoms with Gasteiger partial charge in [0.1, 0.15) is 6.04 Å². The molecule has 1 unspecified atom stereocenters. The van der Waals surface area contributed by atoms with E-state index >= 15 is 0 Å². The van der Waals surface area contributed by atoms with Crippen LogP contribution >= 0.6 is 0 Å². The van der Waals surface area contributed by atoms with Gasteiger partial charge in [0.25, 0.3) is 0 Å². The number of nitrogens with zero attached hydrogens (tertiary/aromatic N) is 7. The zero-order valence-corrected chi connectivity index (χ0v) is 14.9. The van der Waals surface area contributed by atoms with Crippen molar-refractivity contribution in [3.05, 3.63) is 24.3 Å². The molecule has 1 atom stereocenters. The van der Waals surface area contributed by atoms with E-state index in [9.17, 15) is 4.79 Å². The van der Waals surface area contributed by atoms with Gasteiger partial charge in [-0.15, -0.1) is 0 Å². The molecule has 1 saturated heterocycles. The van der Waals surface area contributed by atoms with Crippen molar-refractivity contribution in [2.45, 2.75) is 32.4 Å². The summed E-state index contributed by atoms with van der Waals surface area (Å²) in [4.78, 5) is 29.8. The second-order valence-corrected chi connectivity index (χ2v) is 6.32. The van der Waals surface area contributed by atoms with Gasteiger partial charge in [0, 0.05) is 39.6 Å². The molecule has 0 aliphatic carbocycles. The Morgan fingerprint density at radius 3 is 2.68 bits per heavy atom. The molecule has 2 aromatic heterocycles. The van der Waals surface area contributed by atoms with Crippen LogP contribution in [0.25, 0.3) is 0 Å². The van der Waals surface area contributed by atoms with E-state index in [1.165, 1.54) is 0 Å². The van der Waals surface area contributed by atoms with Crippen LogP contribution in [0, 0.1) is 0 Å². The molecule has 1 fully saturated rings. The molecule has 134 valence electrons. The van der Waals surface area contributed by atoms with Gasteiger partial charge in [-0.05, 0) is 25.8 Å². The molecule has 0 aromatic carbocycles. The number of hydrogen-bond acceptors (Lipinski definition) is 7. The molecule has 3 heterocycles. The first-order chi connectivity index (χ1) is 12.0. The van der Waals surface area contributed by atoms with E-state index in [4.69, 9.17) is 0 Å². The van der Waals surface area contributed by atoms with Crippen LogP contribution < -0.4 is 15.1 Å². The molecule has 0 spiro atoms. The van der Waals surface area contributed by atoms with Crippen molar-refractivity contribution < 1.29 is 4.79 Å². The summed E-state index contributed by atoms with van der Waals surface area (Å²) in [5, 5.41) is 6.98. The van der Waals surface area contributed by atoms with E-state index in [0.29, 0.717) is 17.7 Å². The summed E-state index contributed by atoms with van der Waals surface area (Å²) >= 11 is 0. The molecule has 3 rings (SSSR count). The van der Waals surface area contributed by atoms with Gasteiger partial charge in [-0.25, -0.2) is 0 Å². The third-order valence-electron chi connectivity index (χ3n) is 4.17. The fraction of sp³-hybridized carbons (Fsp3) is 0.562. The summed E-state index contributed by atoms with van der Waals surface area (Å²) < 4.78 is 1.61. The lowest BCUT2D eigenvalue weighted by Crippen LogP contribution is -2.32. The van der Waals surface area contributed by atoms with Gasteiger partial charge in [-0.2, -0.15) is 20.1 Å². The highest BCUT2D eigenvalue weighted by Gasteiger charge is 2.19. The Morgan fingerprint density at radius 2 is 2.04 bits per heavy atom. The zero-order valence-electron chi connectivity index (χ0n) is 14.9. The molecule has 1 N–H and O–H groups in total. The lowest BCUT2D eigenvalue weighted by molar-refractivity contribution is -0.124. The minimum absolute atomic E-state index is 0.127. The number of anilines is 2. The van der Waals surface area contributed by atoms with Gasteiger partial charge >= 0.3 is 0 Å². The second kappa shape index (κ2) is 7.45. The molecule has 9 heteroatoms. The molecular weight excluding hydrogens is 320 g/mol. The lowest BCUT2D eigenvalue weighted by atomic mass is 10.3. The number of hydrogen-bond donors (Lipinski definition) is 1. The van der Waals surface area contributed by atoms with Gasteiger partial charge in [0.05, 0.1) is 6.54 Å². The number of rotatable bonds is 6. The maximum absolute atomic E-state index is 12.3. The van der Waals surface area contributed by atoms with Gasteiger partial charge in [0.2, 0.25) is 17.8 Å². The third kappa shape index (κ3) is 4.04. The summed E-state index contributed by atoms with van der Waals surface area (Å²) in [5.41, 5.74) is 0. The van der Waals surface area contributed by atoms with E-state index in [-0.39, 0.29) is 18.5 Å². The Labute approximate surface area is 147 Å². The topological polar surface area (TPSA) is 92.1 Å². The Balaban J connectivity index is 1.71. The van der Waals surface area contributed by atoms with E-state index in [1.54, 1.807) is 30.1 Å². The molecule has 9 nitrogen and oxygen atoms in total. The van der Waals surface area contributed by atoms with Crippen LogP contribution in [0.4, 0.5) is 11.9 Å². The van der Waals surface area contributed by atoms with Crippen LogP contribution in [-0.4, -0.2) is 57.8 Å². The van der Waals surface area contributed by atoms with Crippen molar-refractivity contribution in [1.82, 2.24) is 30.0 Å². The predicted molar refractivity (Wildman–Crippen MR) is 94.4 cm³/mol. The fourth-order valence-corrected chi connectivity index (χ4v) is 2.68. The Bertz CT molecular complexity index is 709. The number of nitrogens with one attached hydrogen (secondary N) is 1. The van der Waals surface area contributed by atoms with Crippen molar-refractivity contribution in [1.29, 1.82) is 0 Å². The quantitative estimate of drug-likeness (QED) is 0.821.